The molecule has 2 aliphatic rings. The van der Waals surface area contributed by atoms with Gasteiger partial charge in [-0.15, -0.1) is 0 Å². The van der Waals surface area contributed by atoms with Gasteiger partial charge in [0.05, 0.1) is 20.8 Å². The summed E-state index contributed by atoms with van der Waals surface area (Å²) in [5.74, 6) is -0.617. The third-order valence-corrected chi connectivity index (χ3v) is 6.24. The highest BCUT2D eigenvalue weighted by Gasteiger charge is 2.56. The Kier molecular flexibility index (Phi) is 5.60. The molecule has 0 bridgehead atoms. The first-order valence-corrected chi connectivity index (χ1v) is 10.1. The van der Waals surface area contributed by atoms with E-state index >= 15 is 0 Å². The van der Waals surface area contributed by atoms with Gasteiger partial charge in [0.15, 0.2) is 0 Å². The van der Waals surface area contributed by atoms with Crippen LogP contribution in [0.2, 0.25) is 15.1 Å². The van der Waals surface area contributed by atoms with Crippen LogP contribution in [-0.4, -0.2) is 34.8 Å². The van der Waals surface area contributed by atoms with E-state index in [4.69, 9.17) is 34.8 Å². The molecule has 2 atom stereocenters. The zero-order valence-electron chi connectivity index (χ0n) is 15.9. The Hall–Kier alpha value is -1.50. The highest BCUT2D eigenvalue weighted by Crippen LogP contribution is 2.46. The molecule has 2 unspecified atom stereocenters. The standard InChI is InChI=1S/C19H22Cl3N3O3/c1-10-6-18(2,3)9-19(7-10)16(27)25(17(28)24-19)8-15(26)23-14-5-12(21)11(20)4-13(14)22/h4-5,10H,6-9H2,1-3H3,(H,23,26)(H,24,28). The number of anilines is 1. The monoisotopic (exact) mass is 445 g/mol. The molecule has 1 saturated heterocycles. The molecule has 2 fully saturated rings. The number of hydrogen-bond donors (Lipinski definition) is 2. The predicted octanol–water partition coefficient (Wildman–Crippen LogP) is 4.72. The molecule has 28 heavy (non-hydrogen) atoms. The Labute approximate surface area is 178 Å². The van der Waals surface area contributed by atoms with Crippen molar-refractivity contribution in [3.05, 3.63) is 27.2 Å². The maximum Gasteiger partial charge on any atom is 0.325 e. The first kappa shape index (κ1) is 21.2. The molecule has 6 nitrogen and oxygen atoms in total. The maximum absolute atomic E-state index is 13.1. The number of nitrogens with one attached hydrogen (secondary N) is 2. The van der Waals surface area contributed by atoms with Gasteiger partial charge in [0.1, 0.15) is 12.1 Å². The van der Waals surface area contributed by atoms with Crippen LogP contribution in [0.25, 0.3) is 0 Å². The van der Waals surface area contributed by atoms with Crippen molar-refractivity contribution in [2.75, 3.05) is 11.9 Å². The second-order valence-corrected chi connectivity index (χ2v) is 9.77. The Morgan fingerprint density at radius 2 is 1.82 bits per heavy atom. The molecule has 0 radical (unpaired) electrons. The fourth-order valence-electron chi connectivity index (χ4n) is 4.60. The zero-order chi connectivity index (χ0) is 20.9. The largest absolute Gasteiger partial charge is 0.325 e. The number of urea groups is 1. The molecule has 1 aromatic rings. The lowest BCUT2D eigenvalue weighted by Crippen LogP contribution is -2.54. The Bertz CT molecular complexity index is 858. The smallest absolute Gasteiger partial charge is 0.323 e. The van der Waals surface area contributed by atoms with Crippen molar-refractivity contribution < 1.29 is 14.4 Å². The van der Waals surface area contributed by atoms with E-state index in [0.29, 0.717) is 12.8 Å². The van der Waals surface area contributed by atoms with Gasteiger partial charge >= 0.3 is 6.03 Å². The average molecular weight is 447 g/mol. The predicted molar refractivity (Wildman–Crippen MR) is 110 cm³/mol. The van der Waals surface area contributed by atoms with E-state index in [1.54, 1.807) is 0 Å². The molecule has 1 spiro atoms. The normalized spacial score (nSPS) is 26.5. The van der Waals surface area contributed by atoms with Crippen LogP contribution in [0.3, 0.4) is 0 Å². The lowest BCUT2D eigenvalue weighted by molar-refractivity contribution is -0.136. The first-order chi connectivity index (χ1) is 12.9. The number of amides is 4. The molecule has 1 aliphatic carbocycles. The molecular formula is C19H22Cl3N3O3. The van der Waals surface area contributed by atoms with E-state index in [2.05, 4.69) is 31.4 Å². The summed E-state index contributed by atoms with van der Waals surface area (Å²) in [5.41, 5.74) is -0.762. The lowest BCUT2D eigenvalue weighted by atomic mass is 9.64. The Morgan fingerprint density at radius 3 is 2.46 bits per heavy atom. The molecule has 2 N–H and O–H groups in total. The van der Waals surface area contributed by atoms with Gasteiger partial charge in [0.25, 0.3) is 5.91 Å². The molecule has 0 aromatic heterocycles. The summed E-state index contributed by atoms with van der Waals surface area (Å²) in [7, 11) is 0. The summed E-state index contributed by atoms with van der Waals surface area (Å²) >= 11 is 17.9. The number of carbonyl (C=O) groups is 3. The van der Waals surface area contributed by atoms with E-state index in [1.165, 1.54) is 12.1 Å². The number of benzene rings is 1. The van der Waals surface area contributed by atoms with Crippen molar-refractivity contribution in [2.45, 2.75) is 45.6 Å². The number of carbonyl (C=O) groups excluding carboxylic acids is 3. The molecule has 9 heteroatoms. The summed E-state index contributed by atoms with van der Waals surface area (Å²) in [5, 5.41) is 6.12. The van der Waals surface area contributed by atoms with Crippen molar-refractivity contribution in [2.24, 2.45) is 11.3 Å². The molecule has 3 rings (SSSR count). The Balaban J connectivity index is 1.74. The van der Waals surface area contributed by atoms with Crippen molar-refractivity contribution in [1.82, 2.24) is 10.2 Å². The highest BCUT2D eigenvalue weighted by atomic mass is 35.5. The topological polar surface area (TPSA) is 78.5 Å². The minimum absolute atomic E-state index is 0.0769. The van der Waals surface area contributed by atoms with Gasteiger partial charge in [-0.25, -0.2) is 4.79 Å². The van der Waals surface area contributed by atoms with Gasteiger partial charge in [-0.3, -0.25) is 14.5 Å². The van der Waals surface area contributed by atoms with E-state index in [-0.39, 0.29) is 38.0 Å². The third kappa shape index (κ3) is 4.09. The van der Waals surface area contributed by atoms with Crippen LogP contribution in [0, 0.1) is 11.3 Å². The fraction of sp³-hybridized carbons (Fsp3) is 0.526. The summed E-state index contributed by atoms with van der Waals surface area (Å²) in [6.07, 6.45) is 2.09. The number of hydrogen-bond acceptors (Lipinski definition) is 3. The fourth-order valence-corrected chi connectivity index (χ4v) is 5.20. The molecule has 1 heterocycles. The minimum atomic E-state index is -0.945. The minimum Gasteiger partial charge on any atom is -0.323 e. The van der Waals surface area contributed by atoms with E-state index < -0.39 is 24.0 Å². The molecule has 152 valence electrons. The number of rotatable bonds is 3. The second-order valence-electron chi connectivity index (χ2n) is 8.55. The molecule has 1 aromatic carbocycles. The van der Waals surface area contributed by atoms with E-state index in [9.17, 15) is 14.4 Å². The van der Waals surface area contributed by atoms with E-state index in [0.717, 1.165) is 11.3 Å². The molecule has 1 saturated carbocycles. The van der Waals surface area contributed by atoms with E-state index in [1.807, 2.05) is 0 Å². The lowest BCUT2D eigenvalue weighted by Gasteiger charge is -2.43. The quantitative estimate of drug-likeness (QED) is 0.521. The SMILES string of the molecule is CC1CC(C)(C)CC2(C1)NC(=O)N(CC(=O)Nc1cc(Cl)c(Cl)cc1Cl)C2=O. The first-order valence-electron chi connectivity index (χ1n) is 9.01. The number of nitrogens with zero attached hydrogens (tertiary/aromatic N) is 1. The molecular weight excluding hydrogens is 425 g/mol. The summed E-state index contributed by atoms with van der Waals surface area (Å²) < 4.78 is 0. The van der Waals surface area contributed by atoms with Gasteiger partial charge in [-0.05, 0) is 42.7 Å². The van der Waals surface area contributed by atoms with Crippen molar-refractivity contribution in [3.8, 4) is 0 Å². The Morgan fingerprint density at radius 1 is 1.18 bits per heavy atom. The number of imide groups is 1. The van der Waals surface area contributed by atoms with Gasteiger partial charge in [0, 0.05) is 0 Å². The third-order valence-electron chi connectivity index (χ3n) is 5.21. The van der Waals surface area contributed by atoms with Crippen LogP contribution >= 0.6 is 34.8 Å². The summed E-state index contributed by atoms with van der Waals surface area (Å²) in [6.45, 7) is 5.85. The highest BCUT2D eigenvalue weighted by molar-refractivity contribution is 6.44. The van der Waals surface area contributed by atoms with Crippen molar-refractivity contribution in [3.63, 3.8) is 0 Å². The van der Waals surface area contributed by atoms with Crippen LogP contribution in [-0.2, 0) is 9.59 Å². The maximum atomic E-state index is 13.1. The molecule has 4 amide bonds. The number of halogens is 3. The summed E-state index contributed by atoms with van der Waals surface area (Å²) in [4.78, 5) is 39.0. The zero-order valence-corrected chi connectivity index (χ0v) is 18.1. The summed E-state index contributed by atoms with van der Waals surface area (Å²) in [6, 6.07) is 2.28. The van der Waals surface area contributed by atoms with Crippen LogP contribution < -0.4 is 10.6 Å². The average Bonchev–Trinajstić information content (AvgIpc) is 2.74. The van der Waals surface area contributed by atoms with Gasteiger partial charge in [0.2, 0.25) is 5.91 Å². The van der Waals surface area contributed by atoms with Crippen LogP contribution in [0.1, 0.15) is 40.0 Å². The van der Waals surface area contributed by atoms with Crippen molar-refractivity contribution >= 4 is 58.3 Å². The van der Waals surface area contributed by atoms with Crippen LogP contribution in [0.15, 0.2) is 12.1 Å². The van der Waals surface area contributed by atoms with Gasteiger partial charge in [-0.1, -0.05) is 55.6 Å². The van der Waals surface area contributed by atoms with Crippen LogP contribution in [0.5, 0.6) is 0 Å². The van der Waals surface area contributed by atoms with Gasteiger partial charge < -0.3 is 10.6 Å². The van der Waals surface area contributed by atoms with Crippen molar-refractivity contribution in [1.29, 1.82) is 0 Å². The van der Waals surface area contributed by atoms with Gasteiger partial charge in [-0.2, -0.15) is 0 Å². The second kappa shape index (κ2) is 7.39. The molecule has 1 aliphatic heterocycles. The van der Waals surface area contributed by atoms with Crippen LogP contribution in [0.4, 0.5) is 10.5 Å².